The molecule has 29 heavy (non-hydrogen) atoms. The molecule has 0 spiro atoms. The number of benzene rings is 3. The van der Waals surface area contributed by atoms with Crippen molar-refractivity contribution in [1.82, 2.24) is 4.59 Å². The van der Waals surface area contributed by atoms with Crippen LogP contribution in [0.2, 0.25) is 0 Å². The second-order valence-electron chi connectivity index (χ2n) is 6.00. The van der Waals surface area contributed by atoms with Gasteiger partial charge >= 0.3 is 17.1 Å². The summed E-state index contributed by atoms with van der Waals surface area (Å²) in [6.45, 7) is 0. The van der Waals surface area contributed by atoms with E-state index in [1.54, 1.807) is 60.7 Å². The molecule has 0 radical (unpaired) electrons. The topological polar surface area (TPSA) is 155 Å². The summed E-state index contributed by atoms with van der Waals surface area (Å²) in [6, 6.07) is 17.5. The van der Waals surface area contributed by atoms with Gasteiger partial charge in [0.25, 0.3) is 5.69 Å². The number of rotatable bonds is 6. The van der Waals surface area contributed by atoms with Gasteiger partial charge in [-0.1, -0.05) is 36.4 Å². The molecule has 0 bridgehead atoms. The van der Waals surface area contributed by atoms with Gasteiger partial charge in [0.05, 0.1) is 14.8 Å². The van der Waals surface area contributed by atoms with Crippen LogP contribution >= 0.6 is 0 Å². The summed E-state index contributed by atoms with van der Waals surface area (Å²) in [7, 11) is 0. The minimum Gasteiger partial charge on any atom is -0.258 e. The van der Waals surface area contributed by atoms with Crippen molar-refractivity contribution in [3.63, 3.8) is 0 Å². The van der Waals surface area contributed by atoms with Crippen LogP contribution in [0.25, 0.3) is 0 Å². The Labute approximate surface area is 163 Å². The van der Waals surface area contributed by atoms with Crippen LogP contribution in [0.1, 0.15) is 0 Å². The smallest absolute Gasteiger partial charge is 0.258 e. The molecule has 0 aliphatic carbocycles. The Bertz CT molecular complexity index is 1030. The first-order valence-electron chi connectivity index (χ1n) is 8.17. The van der Waals surface area contributed by atoms with Gasteiger partial charge in [0, 0.05) is 24.3 Å². The van der Waals surface area contributed by atoms with Gasteiger partial charge < -0.3 is 0 Å². The molecule has 3 rings (SSSR count). The zero-order chi connectivity index (χ0) is 21.2. The van der Waals surface area contributed by atoms with Crippen LogP contribution in [-0.2, 0) is 0 Å². The number of nitrogens with zero attached hydrogens (tertiary/aromatic N) is 4. The van der Waals surface area contributed by atoms with Crippen LogP contribution in [0.5, 0.6) is 0 Å². The third-order valence-electron chi connectivity index (χ3n) is 4.34. The van der Waals surface area contributed by atoms with Crippen LogP contribution < -0.4 is 10.4 Å². The van der Waals surface area contributed by atoms with Crippen molar-refractivity contribution in [2.75, 3.05) is 0 Å². The fourth-order valence-electron chi connectivity index (χ4n) is 3.07. The number of non-ortho nitro benzene ring substituents is 1. The lowest BCUT2D eigenvalue weighted by Gasteiger charge is -2.30. The normalized spacial score (nSPS) is 11.1. The number of hydrogen-bond acceptors (Lipinski definition) is 7. The summed E-state index contributed by atoms with van der Waals surface area (Å²) in [5, 5.41) is 34.7. The third kappa shape index (κ3) is 3.38. The first kappa shape index (κ1) is 19.5. The van der Waals surface area contributed by atoms with E-state index in [0.29, 0.717) is 23.5 Å². The summed E-state index contributed by atoms with van der Waals surface area (Å²) in [5.74, 6) is 6.62. The van der Waals surface area contributed by atoms with E-state index in [0.717, 1.165) is 0 Å². The minimum absolute atomic E-state index is 0.291. The molecule has 0 saturated carbocycles. The second kappa shape index (κ2) is 7.42. The number of hydrogen-bond donors (Lipinski definition) is 1. The molecule has 0 atom stereocenters. The number of para-hydroxylation sites is 2. The van der Waals surface area contributed by atoms with E-state index in [1.165, 1.54) is 0 Å². The molecule has 11 heteroatoms. The molecule has 0 amide bonds. The average Bonchev–Trinajstić information content (AvgIpc) is 2.73. The number of nitrogens with two attached hydrogens (primary N) is 1. The van der Waals surface area contributed by atoms with Crippen LogP contribution in [0, 0.1) is 30.3 Å². The molecule has 11 nitrogen and oxygen atoms in total. The highest BCUT2D eigenvalue weighted by molar-refractivity contribution is 5.84. The van der Waals surface area contributed by atoms with Gasteiger partial charge in [0.15, 0.2) is 11.4 Å². The van der Waals surface area contributed by atoms with Crippen molar-refractivity contribution in [2.24, 2.45) is 5.84 Å². The van der Waals surface area contributed by atoms with E-state index in [9.17, 15) is 30.3 Å². The van der Waals surface area contributed by atoms with Gasteiger partial charge in [-0.3, -0.25) is 30.3 Å². The van der Waals surface area contributed by atoms with Crippen LogP contribution in [0.3, 0.4) is 0 Å². The molecule has 0 aliphatic heterocycles. The number of nitro benzene ring substituents is 3. The minimum atomic E-state index is -0.931. The van der Waals surface area contributed by atoms with Gasteiger partial charge in [0.2, 0.25) is 0 Å². The maximum Gasteiger partial charge on any atom is 0.346 e. The molecule has 0 heterocycles. The molecule has 0 aromatic heterocycles. The lowest BCUT2D eigenvalue weighted by Crippen LogP contribution is -2.47. The fraction of sp³-hybridized carbons (Fsp3) is 0. The third-order valence-corrected chi connectivity index (χ3v) is 4.34. The van der Waals surface area contributed by atoms with Gasteiger partial charge in [-0.2, -0.15) is 5.84 Å². The summed E-state index contributed by atoms with van der Waals surface area (Å²) in [5.41, 5.74) is -2.36. The monoisotopic (exact) mass is 396 g/mol. The van der Waals surface area contributed by atoms with Crippen molar-refractivity contribution in [3.05, 3.63) is 103 Å². The molecule has 2 N–H and O–H groups in total. The van der Waals surface area contributed by atoms with Crippen LogP contribution in [-0.4, -0.2) is 14.8 Å². The first-order valence-corrected chi connectivity index (χ1v) is 8.17. The number of quaternary nitrogens is 1. The summed E-state index contributed by atoms with van der Waals surface area (Å²) in [6.07, 6.45) is 0. The van der Waals surface area contributed by atoms with Crippen LogP contribution in [0.4, 0.5) is 34.1 Å². The van der Waals surface area contributed by atoms with E-state index in [4.69, 9.17) is 5.84 Å². The molecule has 0 saturated heterocycles. The van der Waals surface area contributed by atoms with Crippen molar-refractivity contribution in [1.29, 1.82) is 0 Å². The summed E-state index contributed by atoms with van der Waals surface area (Å²) < 4.78 is -0.924. The molecular formula is C18H14N5O6+. The highest BCUT2D eigenvalue weighted by Gasteiger charge is 2.48. The summed E-state index contributed by atoms with van der Waals surface area (Å²) in [4.78, 5) is 32.0. The highest BCUT2D eigenvalue weighted by atomic mass is 16.6. The van der Waals surface area contributed by atoms with E-state index >= 15 is 0 Å². The zero-order valence-corrected chi connectivity index (χ0v) is 14.7. The molecule has 0 aliphatic rings. The van der Waals surface area contributed by atoms with E-state index in [1.807, 2.05) is 0 Å². The lowest BCUT2D eigenvalue weighted by molar-refractivity contribution is -0.402. The van der Waals surface area contributed by atoms with E-state index < -0.39 is 42.1 Å². The Morgan fingerprint density at radius 2 is 1.03 bits per heavy atom. The van der Waals surface area contributed by atoms with Crippen molar-refractivity contribution in [2.45, 2.75) is 0 Å². The first-order chi connectivity index (χ1) is 13.8. The molecule has 0 unspecified atom stereocenters. The average molecular weight is 396 g/mol. The zero-order valence-electron chi connectivity index (χ0n) is 14.7. The van der Waals surface area contributed by atoms with Crippen molar-refractivity contribution < 1.29 is 14.8 Å². The van der Waals surface area contributed by atoms with Crippen molar-refractivity contribution >= 4 is 34.1 Å². The van der Waals surface area contributed by atoms with Gasteiger partial charge in [-0.25, -0.2) is 0 Å². The Balaban J connectivity index is 2.51. The molecular weight excluding hydrogens is 382 g/mol. The number of nitro groups is 3. The SMILES string of the molecule is N[N+](c1ccccc1)(c1ccccc1)c1c([N+](=O)[O-])cc([N+](=O)[O-])cc1[N+](=O)[O-]. The molecule has 0 fully saturated rings. The lowest BCUT2D eigenvalue weighted by atomic mass is 10.1. The Kier molecular flexibility index (Phi) is 5.00. The van der Waals surface area contributed by atoms with Gasteiger partial charge in [0.1, 0.15) is 12.1 Å². The predicted octanol–water partition coefficient (Wildman–Crippen LogP) is 4.26. The Morgan fingerprint density at radius 1 is 0.655 bits per heavy atom. The maximum atomic E-state index is 11.8. The highest BCUT2D eigenvalue weighted by Crippen LogP contribution is 2.50. The standard InChI is InChI=1S/C18H14N5O6/c19-23(14-7-3-1-4-8-14,15-9-5-2-6-10-15)18-16(21(26)27)11-13(20(24)25)12-17(18)22(28)29/h1-12H,19H2/q+1. The molecule has 146 valence electrons. The quantitative estimate of drug-likeness (QED) is 0.282. The van der Waals surface area contributed by atoms with E-state index in [-0.39, 0.29) is 0 Å². The van der Waals surface area contributed by atoms with Crippen LogP contribution in [0.15, 0.2) is 72.8 Å². The Hall–Kier alpha value is -4.22. The maximum absolute atomic E-state index is 11.8. The second-order valence-corrected chi connectivity index (χ2v) is 6.00. The summed E-state index contributed by atoms with van der Waals surface area (Å²) >= 11 is 0. The Morgan fingerprint density at radius 3 is 1.34 bits per heavy atom. The molecule has 3 aromatic rings. The fourth-order valence-corrected chi connectivity index (χ4v) is 3.07. The van der Waals surface area contributed by atoms with Gasteiger partial charge in [-0.15, -0.1) is 4.59 Å². The van der Waals surface area contributed by atoms with Crippen molar-refractivity contribution in [3.8, 4) is 0 Å². The predicted molar refractivity (Wildman–Crippen MR) is 105 cm³/mol. The largest absolute Gasteiger partial charge is 0.346 e. The van der Waals surface area contributed by atoms with E-state index in [2.05, 4.69) is 0 Å². The molecule has 3 aromatic carbocycles. The van der Waals surface area contributed by atoms with Gasteiger partial charge in [-0.05, 0) is 0 Å².